The second kappa shape index (κ2) is 9.74. The highest BCUT2D eigenvalue weighted by molar-refractivity contribution is 7.90. The normalized spacial score (nSPS) is 19.1. The van der Waals surface area contributed by atoms with E-state index in [4.69, 9.17) is 0 Å². The number of sulfonamides is 1. The van der Waals surface area contributed by atoms with Crippen LogP contribution in [0.1, 0.15) is 37.7 Å². The predicted octanol–water partition coefficient (Wildman–Crippen LogP) is 3.24. The van der Waals surface area contributed by atoms with Gasteiger partial charge < -0.3 is 10.2 Å². The third-order valence-electron chi connectivity index (χ3n) is 5.90. The topological polar surface area (TPSA) is 108 Å². The number of anilines is 2. The van der Waals surface area contributed by atoms with E-state index >= 15 is 0 Å². The van der Waals surface area contributed by atoms with E-state index in [0.29, 0.717) is 31.0 Å². The molecular weight excluding hydrogens is 440 g/mol. The highest BCUT2D eigenvalue weighted by atomic mass is 32.2. The molecule has 2 aliphatic heterocycles. The third kappa shape index (κ3) is 5.60. The minimum atomic E-state index is -3.73. The van der Waals surface area contributed by atoms with Crippen LogP contribution >= 0.6 is 0 Å². The molecule has 0 aliphatic carbocycles. The fraction of sp³-hybridized carbons (Fsp3) is 0.375. The number of amidine groups is 1. The molecular formula is C24H28N4O4S. The molecule has 0 radical (unpaired) electrons. The molecule has 2 amide bonds. The van der Waals surface area contributed by atoms with E-state index in [9.17, 15) is 18.0 Å². The maximum Gasteiger partial charge on any atom is 0.262 e. The van der Waals surface area contributed by atoms with Gasteiger partial charge in [-0.1, -0.05) is 24.1 Å². The van der Waals surface area contributed by atoms with Crippen molar-refractivity contribution in [3.8, 4) is 0 Å². The first kappa shape index (κ1) is 23.0. The number of aliphatic imine (C=N–C) groups is 1. The van der Waals surface area contributed by atoms with E-state index in [-0.39, 0.29) is 23.1 Å². The van der Waals surface area contributed by atoms with Gasteiger partial charge in [-0.15, -0.1) is 0 Å². The van der Waals surface area contributed by atoms with Gasteiger partial charge in [0.25, 0.3) is 10.0 Å². The predicted molar refractivity (Wildman–Crippen MR) is 128 cm³/mol. The largest absolute Gasteiger partial charge is 0.326 e. The van der Waals surface area contributed by atoms with Crippen LogP contribution in [0.4, 0.5) is 11.4 Å². The third-order valence-corrected chi connectivity index (χ3v) is 7.30. The molecule has 1 fully saturated rings. The lowest BCUT2D eigenvalue weighted by atomic mass is 10.1. The van der Waals surface area contributed by atoms with Crippen molar-refractivity contribution >= 4 is 39.0 Å². The van der Waals surface area contributed by atoms with Crippen molar-refractivity contribution in [1.29, 1.82) is 0 Å². The van der Waals surface area contributed by atoms with Gasteiger partial charge in [0.2, 0.25) is 11.8 Å². The van der Waals surface area contributed by atoms with Gasteiger partial charge in [0, 0.05) is 37.3 Å². The van der Waals surface area contributed by atoms with Gasteiger partial charge in [0.1, 0.15) is 5.84 Å². The number of benzene rings is 2. The quantitative estimate of drug-likeness (QED) is 0.702. The summed E-state index contributed by atoms with van der Waals surface area (Å²) in [4.78, 5) is 31.2. The fourth-order valence-corrected chi connectivity index (χ4v) is 5.08. The minimum absolute atomic E-state index is 0.0899. The van der Waals surface area contributed by atoms with E-state index in [1.165, 1.54) is 12.1 Å². The van der Waals surface area contributed by atoms with Crippen molar-refractivity contribution in [2.45, 2.75) is 43.9 Å². The van der Waals surface area contributed by atoms with Crippen LogP contribution in [-0.2, 0) is 19.6 Å². The van der Waals surface area contributed by atoms with Gasteiger partial charge in [-0.05, 0) is 56.2 Å². The lowest BCUT2D eigenvalue weighted by Gasteiger charge is -2.17. The van der Waals surface area contributed by atoms with E-state index in [0.717, 1.165) is 30.5 Å². The summed E-state index contributed by atoms with van der Waals surface area (Å²) < 4.78 is 27.9. The first-order chi connectivity index (χ1) is 15.8. The molecule has 174 valence electrons. The van der Waals surface area contributed by atoms with Gasteiger partial charge in [-0.25, -0.2) is 8.42 Å². The van der Waals surface area contributed by atoms with Crippen LogP contribution in [0.5, 0.6) is 0 Å². The van der Waals surface area contributed by atoms with E-state index < -0.39 is 15.9 Å². The summed E-state index contributed by atoms with van der Waals surface area (Å²) in [5.74, 6) is -0.335. The first-order valence-electron chi connectivity index (χ1n) is 11.2. The average Bonchev–Trinajstić information content (AvgIpc) is 3.00. The second-order valence-electron chi connectivity index (χ2n) is 8.50. The zero-order valence-electron chi connectivity index (χ0n) is 18.6. The molecule has 1 saturated heterocycles. The Morgan fingerprint density at radius 1 is 1.03 bits per heavy atom. The van der Waals surface area contributed by atoms with Gasteiger partial charge in [-0.3, -0.25) is 19.3 Å². The maximum atomic E-state index is 12.7. The SMILES string of the molecule is Cc1ccc(N2C[C@@H](C(=O)Nc3ccc(S(=O)(=O)NC4=NCCCCC4)cc3)CC2=O)cc1. The zero-order chi connectivity index (χ0) is 23.4. The van der Waals surface area contributed by atoms with Gasteiger partial charge in [-0.2, -0.15) is 0 Å². The summed E-state index contributed by atoms with van der Waals surface area (Å²) in [7, 11) is -3.73. The Kier molecular flexibility index (Phi) is 6.78. The summed E-state index contributed by atoms with van der Waals surface area (Å²) in [6.45, 7) is 2.92. The first-order valence-corrected chi connectivity index (χ1v) is 12.6. The number of hydrogen-bond acceptors (Lipinski definition) is 5. The highest BCUT2D eigenvalue weighted by Crippen LogP contribution is 2.26. The van der Waals surface area contributed by atoms with Crippen molar-refractivity contribution in [2.75, 3.05) is 23.3 Å². The lowest BCUT2D eigenvalue weighted by molar-refractivity contribution is -0.122. The number of nitrogens with one attached hydrogen (secondary N) is 2. The van der Waals surface area contributed by atoms with Crippen molar-refractivity contribution in [3.63, 3.8) is 0 Å². The molecule has 2 aromatic rings. The molecule has 33 heavy (non-hydrogen) atoms. The monoisotopic (exact) mass is 468 g/mol. The number of carbonyl (C=O) groups excluding carboxylic acids is 2. The molecule has 8 nitrogen and oxygen atoms in total. The molecule has 0 aromatic heterocycles. The Morgan fingerprint density at radius 3 is 2.48 bits per heavy atom. The Hall–Kier alpha value is -3.20. The molecule has 0 saturated carbocycles. The molecule has 2 aliphatic rings. The van der Waals surface area contributed by atoms with Crippen LogP contribution in [-0.4, -0.2) is 39.2 Å². The van der Waals surface area contributed by atoms with Crippen LogP contribution in [0.2, 0.25) is 0 Å². The van der Waals surface area contributed by atoms with Crippen LogP contribution in [0.25, 0.3) is 0 Å². The van der Waals surface area contributed by atoms with Gasteiger partial charge >= 0.3 is 0 Å². The fourth-order valence-electron chi connectivity index (χ4n) is 3.99. The summed E-state index contributed by atoms with van der Waals surface area (Å²) in [6.07, 6.45) is 3.68. The summed E-state index contributed by atoms with van der Waals surface area (Å²) in [5, 5.41) is 2.80. The minimum Gasteiger partial charge on any atom is -0.326 e. The molecule has 0 unspecified atom stereocenters. The molecule has 0 spiro atoms. The van der Waals surface area contributed by atoms with Crippen molar-refractivity contribution in [2.24, 2.45) is 10.9 Å². The molecule has 1 atom stereocenters. The van der Waals surface area contributed by atoms with E-state index in [2.05, 4.69) is 15.0 Å². The smallest absolute Gasteiger partial charge is 0.262 e. The zero-order valence-corrected chi connectivity index (χ0v) is 19.4. The van der Waals surface area contributed by atoms with Crippen LogP contribution in [0.3, 0.4) is 0 Å². The highest BCUT2D eigenvalue weighted by Gasteiger charge is 2.35. The van der Waals surface area contributed by atoms with Crippen molar-refractivity contribution < 1.29 is 18.0 Å². The number of rotatable bonds is 5. The molecule has 4 rings (SSSR count). The number of hydrogen-bond donors (Lipinski definition) is 2. The van der Waals surface area contributed by atoms with E-state index in [1.54, 1.807) is 17.0 Å². The van der Waals surface area contributed by atoms with Crippen molar-refractivity contribution in [3.05, 3.63) is 54.1 Å². The van der Waals surface area contributed by atoms with Gasteiger partial charge in [0.15, 0.2) is 0 Å². The Balaban J connectivity index is 1.37. The number of carbonyl (C=O) groups is 2. The Bertz CT molecular complexity index is 1160. The van der Waals surface area contributed by atoms with Crippen LogP contribution in [0, 0.1) is 12.8 Å². The molecule has 0 bridgehead atoms. The van der Waals surface area contributed by atoms with Gasteiger partial charge in [0.05, 0.1) is 10.8 Å². The van der Waals surface area contributed by atoms with Crippen LogP contribution in [0.15, 0.2) is 58.4 Å². The number of nitrogens with zero attached hydrogens (tertiary/aromatic N) is 2. The molecule has 2 aromatic carbocycles. The molecule has 2 N–H and O–H groups in total. The van der Waals surface area contributed by atoms with E-state index in [1.807, 2.05) is 31.2 Å². The van der Waals surface area contributed by atoms with Crippen molar-refractivity contribution in [1.82, 2.24) is 4.72 Å². The van der Waals surface area contributed by atoms with Crippen LogP contribution < -0.4 is 14.9 Å². The molecule has 2 heterocycles. The Morgan fingerprint density at radius 2 is 1.76 bits per heavy atom. The average molecular weight is 469 g/mol. The second-order valence-corrected chi connectivity index (χ2v) is 10.2. The summed E-state index contributed by atoms with van der Waals surface area (Å²) in [6, 6.07) is 13.6. The Labute approximate surface area is 194 Å². The number of aryl methyl sites for hydroxylation is 1. The maximum absolute atomic E-state index is 12.7. The lowest BCUT2D eigenvalue weighted by Crippen LogP contribution is -2.30. The summed E-state index contributed by atoms with van der Waals surface area (Å²) >= 11 is 0. The standard InChI is InChI=1S/C24H28N4O4S/c1-17-6-10-20(11-7-17)28-16-18(15-23(28)29)24(30)26-19-8-12-21(13-9-19)33(31,32)27-22-5-3-2-4-14-25-22/h6-13,18H,2-5,14-16H2,1H3,(H,25,27)(H,26,30)/t18-/m0/s1. The number of amides is 2. The summed E-state index contributed by atoms with van der Waals surface area (Å²) in [5.41, 5.74) is 2.36. The molecule has 9 heteroatoms.